The number of hydrogen-bond acceptors (Lipinski definition) is 1. The van der Waals surface area contributed by atoms with Gasteiger partial charge in [0.15, 0.2) is 0 Å². The summed E-state index contributed by atoms with van der Waals surface area (Å²) in [6.07, 6.45) is 14.7. The molecule has 328 valence electrons. The van der Waals surface area contributed by atoms with Gasteiger partial charge >= 0.3 is 0 Å². The number of anilines is 2. The lowest BCUT2D eigenvalue weighted by Crippen LogP contribution is -2.18. The molecule has 0 saturated carbocycles. The van der Waals surface area contributed by atoms with Crippen LogP contribution in [0.5, 0.6) is 0 Å². The molecule has 0 radical (unpaired) electrons. The van der Waals surface area contributed by atoms with Crippen LogP contribution >= 0.6 is 0 Å². The Bertz CT molecular complexity index is 3300. The Morgan fingerprint density at radius 2 is 0.985 bits per heavy atom. The standard InChI is InChI=1S/C63H52N2.C2H6/c1-5-13-46(14-6-2)49-21-31-56(32-22-49)64(57-33-23-50(24-34-57)47-15-9-7-10-16-47)58-35-25-51(26-36-58)54-39-45(4)40-55(41-54)53-28-38-63-61(43-53)60-42-52(48-17-11-8-12-18-48)27-37-62(60)65(63)59-29-19-44(3)20-30-59;1-2/h5-21,23-31,33-43H,1,22,32H2,2-4H3;1-2H3/b14-6-,46-13+;. The predicted octanol–water partition coefficient (Wildman–Crippen LogP) is 18.5. The normalized spacial score (nSPS) is 12.7. The first kappa shape index (κ1) is 44.3. The van der Waals surface area contributed by atoms with Gasteiger partial charge in [-0.05, 0) is 168 Å². The first-order valence-corrected chi connectivity index (χ1v) is 23.7. The Hall–Kier alpha value is -7.94. The molecule has 0 unspecified atom stereocenters. The Balaban J connectivity index is 0.00000278. The highest BCUT2D eigenvalue weighted by atomic mass is 15.1. The molecule has 0 aliphatic heterocycles. The third kappa shape index (κ3) is 9.30. The van der Waals surface area contributed by atoms with Gasteiger partial charge in [0.1, 0.15) is 0 Å². The molecule has 10 rings (SSSR count). The van der Waals surface area contributed by atoms with Crippen molar-refractivity contribution in [3.63, 3.8) is 0 Å². The number of rotatable bonds is 11. The minimum Gasteiger partial charge on any atom is -0.314 e. The lowest BCUT2D eigenvalue weighted by molar-refractivity contribution is 0.885. The molecule has 1 aliphatic rings. The predicted molar refractivity (Wildman–Crippen MR) is 290 cm³/mol. The third-order valence-electron chi connectivity index (χ3n) is 12.7. The molecular formula is C65H58N2. The van der Waals surface area contributed by atoms with Crippen LogP contribution in [0.1, 0.15) is 44.7 Å². The Morgan fingerprint density at radius 3 is 1.51 bits per heavy atom. The minimum atomic E-state index is 0.920. The van der Waals surface area contributed by atoms with Gasteiger partial charge in [0, 0.05) is 33.5 Å². The van der Waals surface area contributed by atoms with Crippen molar-refractivity contribution in [2.45, 2.75) is 47.5 Å². The highest BCUT2D eigenvalue weighted by molar-refractivity contribution is 6.11. The molecule has 0 N–H and O–H groups in total. The Kier molecular flexibility index (Phi) is 13.3. The summed E-state index contributed by atoms with van der Waals surface area (Å²) >= 11 is 0. The number of fused-ring (bicyclic) bond motifs is 3. The lowest BCUT2D eigenvalue weighted by Gasteiger charge is -2.30. The Morgan fingerprint density at radius 1 is 0.493 bits per heavy atom. The van der Waals surface area contributed by atoms with Gasteiger partial charge in [0.2, 0.25) is 0 Å². The molecule has 0 spiro atoms. The zero-order chi connectivity index (χ0) is 46.3. The summed E-state index contributed by atoms with van der Waals surface area (Å²) in [5.74, 6) is 0. The van der Waals surface area contributed by atoms with E-state index in [-0.39, 0.29) is 0 Å². The van der Waals surface area contributed by atoms with E-state index < -0.39 is 0 Å². The molecule has 2 nitrogen and oxygen atoms in total. The van der Waals surface area contributed by atoms with E-state index in [0.717, 1.165) is 24.2 Å². The topological polar surface area (TPSA) is 8.17 Å². The van der Waals surface area contributed by atoms with E-state index in [2.05, 4.69) is 255 Å². The van der Waals surface area contributed by atoms with Gasteiger partial charge in [0.05, 0.1) is 11.0 Å². The quantitative estimate of drug-likeness (QED) is 0.118. The maximum atomic E-state index is 3.97. The largest absolute Gasteiger partial charge is 0.314 e. The van der Waals surface area contributed by atoms with Gasteiger partial charge in [-0.15, -0.1) is 0 Å². The van der Waals surface area contributed by atoms with Crippen LogP contribution < -0.4 is 4.90 Å². The minimum absolute atomic E-state index is 0.920. The molecule has 8 aromatic carbocycles. The second-order valence-electron chi connectivity index (χ2n) is 17.1. The van der Waals surface area contributed by atoms with Crippen LogP contribution in [-0.4, -0.2) is 4.57 Å². The second kappa shape index (κ2) is 20.1. The molecule has 67 heavy (non-hydrogen) atoms. The van der Waals surface area contributed by atoms with Crippen molar-refractivity contribution < 1.29 is 0 Å². The van der Waals surface area contributed by atoms with Crippen LogP contribution in [0.25, 0.3) is 72.0 Å². The van der Waals surface area contributed by atoms with E-state index in [9.17, 15) is 0 Å². The van der Waals surface area contributed by atoms with E-state index in [1.165, 1.54) is 100.0 Å². The summed E-state index contributed by atoms with van der Waals surface area (Å²) in [6.45, 7) is 14.4. The first-order valence-electron chi connectivity index (χ1n) is 23.7. The van der Waals surface area contributed by atoms with Gasteiger partial charge in [-0.1, -0.05) is 178 Å². The van der Waals surface area contributed by atoms with E-state index in [1.807, 2.05) is 19.9 Å². The van der Waals surface area contributed by atoms with Crippen LogP contribution in [0.4, 0.5) is 11.4 Å². The molecule has 9 aromatic rings. The van der Waals surface area contributed by atoms with Crippen LogP contribution in [-0.2, 0) is 0 Å². The van der Waals surface area contributed by atoms with E-state index in [0.29, 0.717) is 0 Å². The highest BCUT2D eigenvalue weighted by Gasteiger charge is 2.20. The van der Waals surface area contributed by atoms with Crippen LogP contribution in [0.2, 0.25) is 0 Å². The van der Waals surface area contributed by atoms with Crippen LogP contribution in [0.3, 0.4) is 0 Å². The third-order valence-corrected chi connectivity index (χ3v) is 12.7. The van der Waals surface area contributed by atoms with E-state index in [4.69, 9.17) is 0 Å². The smallest absolute Gasteiger partial charge is 0.0541 e. The van der Waals surface area contributed by atoms with Gasteiger partial charge < -0.3 is 9.47 Å². The maximum Gasteiger partial charge on any atom is 0.0541 e. The van der Waals surface area contributed by atoms with E-state index >= 15 is 0 Å². The summed E-state index contributed by atoms with van der Waals surface area (Å²) in [6, 6.07) is 69.1. The monoisotopic (exact) mass is 866 g/mol. The fourth-order valence-corrected chi connectivity index (χ4v) is 9.45. The fraction of sp³-hybridized carbons (Fsp3) is 0.108. The molecule has 1 aromatic heterocycles. The highest BCUT2D eigenvalue weighted by Crippen LogP contribution is 2.40. The van der Waals surface area contributed by atoms with Gasteiger partial charge in [0.25, 0.3) is 0 Å². The molecule has 0 bridgehead atoms. The average Bonchev–Trinajstić information content (AvgIpc) is 3.71. The van der Waals surface area contributed by atoms with Crippen molar-refractivity contribution in [1.29, 1.82) is 0 Å². The van der Waals surface area contributed by atoms with Gasteiger partial charge in [-0.25, -0.2) is 0 Å². The maximum absolute atomic E-state index is 3.97. The number of aryl methyl sites for hydroxylation is 2. The zero-order valence-corrected chi connectivity index (χ0v) is 39.4. The summed E-state index contributed by atoms with van der Waals surface area (Å²) in [5.41, 5.74) is 21.8. The lowest BCUT2D eigenvalue weighted by atomic mass is 9.93. The summed E-state index contributed by atoms with van der Waals surface area (Å²) < 4.78 is 2.41. The van der Waals surface area contributed by atoms with Crippen LogP contribution in [0, 0.1) is 13.8 Å². The Labute approximate surface area is 397 Å². The van der Waals surface area contributed by atoms with Gasteiger partial charge in [-0.3, -0.25) is 0 Å². The molecule has 0 amide bonds. The molecular weight excluding hydrogens is 809 g/mol. The van der Waals surface area contributed by atoms with Crippen molar-refractivity contribution in [1.82, 2.24) is 4.57 Å². The molecule has 2 heteroatoms. The molecule has 1 aliphatic carbocycles. The second-order valence-corrected chi connectivity index (χ2v) is 17.1. The van der Waals surface area contributed by atoms with Crippen molar-refractivity contribution in [2.75, 3.05) is 4.90 Å². The molecule has 0 fully saturated rings. The van der Waals surface area contributed by atoms with E-state index in [1.54, 1.807) is 0 Å². The molecule has 0 saturated heterocycles. The number of allylic oxidation sites excluding steroid dienone is 9. The van der Waals surface area contributed by atoms with Crippen molar-refractivity contribution in [3.8, 4) is 50.2 Å². The number of nitrogens with zero attached hydrogens (tertiary/aromatic N) is 2. The van der Waals surface area contributed by atoms with Crippen molar-refractivity contribution in [3.05, 3.63) is 259 Å². The van der Waals surface area contributed by atoms with Crippen molar-refractivity contribution in [2.24, 2.45) is 0 Å². The molecule has 0 atom stereocenters. The van der Waals surface area contributed by atoms with Crippen molar-refractivity contribution >= 4 is 33.2 Å². The van der Waals surface area contributed by atoms with Gasteiger partial charge in [-0.2, -0.15) is 0 Å². The first-order chi connectivity index (χ1) is 32.9. The molecule has 1 heterocycles. The number of benzene rings is 8. The average molecular weight is 867 g/mol. The number of hydrogen-bond donors (Lipinski definition) is 0. The van der Waals surface area contributed by atoms with Crippen LogP contribution in [0.15, 0.2) is 248 Å². The zero-order valence-electron chi connectivity index (χ0n) is 39.4. The SMILES string of the molecule is C=C/C=C(\C=C/C)C1=CC=C(N(c2ccc(-c3ccccc3)cc2)c2ccc(-c3cc(C)cc(-c4ccc5c(c4)c4cc(-c6ccccc6)ccc4n5-c4ccc(C)cc4)c3)cc2)CC1.CC. The summed E-state index contributed by atoms with van der Waals surface area (Å²) in [7, 11) is 0. The summed E-state index contributed by atoms with van der Waals surface area (Å²) in [5, 5.41) is 2.49. The summed E-state index contributed by atoms with van der Waals surface area (Å²) in [4.78, 5) is 2.42. The number of aromatic nitrogens is 1. The fourth-order valence-electron chi connectivity index (χ4n) is 9.45.